The summed E-state index contributed by atoms with van der Waals surface area (Å²) in [6.07, 6.45) is 3.39. The van der Waals surface area contributed by atoms with Crippen LogP contribution < -0.4 is 4.90 Å². The van der Waals surface area contributed by atoms with Crippen LogP contribution in [0.3, 0.4) is 0 Å². The lowest BCUT2D eigenvalue weighted by Crippen LogP contribution is -2.44. The number of ketones is 1. The van der Waals surface area contributed by atoms with E-state index in [0.717, 1.165) is 25.7 Å². The summed E-state index contributed by atoms with van der Waals surface area (Å²) in [5, 5.41) is 10.2. The topological polar surface area (TPSA) is 40.5 Å². The van der Waals surface area contributed by atoms with Gasteiger partial charge in [-0.2, -0.15) is 0 Å². The number of halogens is 1. The number of aliphatic hydroxyl groups excluding tert-OH is 1. The highest BCUT2D eigenvalue weighted by Crippen LogP contribution is 2.30. The van der Waals surface area contributed by atoms with Crippen LogP contribution in [0.15, 0.2) is 12.1 Å². The minimum atomic E-state index is -0.390. The molecule has 1 saturated carbocycles. The summed E-state index contributed by atoms with van der Waals surface area (Å²) >= 11 is 0. The highest BCUT2D eigenvalue weighted by molar-refractivity contribution is 6.00. The Kier molecular flexibility index (Phi) is 4.43. The molecule has 1 aliphatic carbocycles. The second-order valence-corrected chi connectivity index (χ2v) is 5.70. The number of hydrogen-bond donors (Lipinski definition) is 1. The number of likely N-dealkylation sites (N-methyl/N-ethyl adjacent to an activating group) is 1. The predicted octanol–water partition coefficient (Wildman–Crippen LogP) is 3.08. The molecule has 110 valence electrons. The van der Waals surface area contributed by atoms with Crippen molar-refractivity contribution >= 4 is 11.5 Å². The highest BCUT2D eigenvalue weighted by atomic mass is 19.1. The Balaban J connectivity index is 2.39. The van der Waals surface area contributed by atoms with Crippen molar-refractivity contribution in [2.24, 2.45) is 0 Å². The van der Waals surface area contributed by atoms with Crippen molar-refractivity contribution < 1.29 is 14.3 Å². The number of benzene rings is 1. The maximum absolute atomic E-state index is 13.7. The van der Waals surface area contributed by atoms with Crippen LogP contribution in [0.4, 0.5) is 10.1 Å². The average Bonchev–Trinajstić information content (AvgIpc) is 2.41. The zero-order chi connectivity index (χ0) is 14.9. The molecule has 1 aromatic rings. The van der Waals surface area contributed by atoms with E-state index >= 15 is 0 Å². The van der Waals surface area contributed by atoms with Crippen LogP contribution in [-0.4, -0.2) is 30.1 Å². The molecule has 2 unspecified atom stereocenters. The van der Waals surface area contributed by atoms with Crippen molar-refractivity contribution in [3.8, 4) is 0 Å². The number of Topliss-reactive ketones (excluding diaryl/α,β-unsaturated/α-hetero) is 1. The molecule has 20 heavy (non-hydrogen) atoms. The van der Waals surface area contributed by atoms with E-state index in [2.05, 4.69) is 0 Å². The molecule has 1 aromatic carbocycles. The van der Waals surface area contributed by atoms with Gasteiger partial charge in [0.2, 0.25) is 0 Å². The normalized spacial score (nSPS) is 22.6. The van der Waals surface area contributed by atoms with Crippen molar-refractivity contribution in [2.75, 3.05) is 11.9 Å². The van der Waals surface area contributed by atoms with Crippen molar-refractivity contribution in [1.29, 1.82) is 0 Å². The monoisotopic (exact) mass is 279 g/mol. The van der Waals surface area contributed by atoms with Crippen molar-refractivity contribution in [1.82, 2.24) is 0 Å². The molecule has 0 aliphatic heterocycles. The minimum absolute atomic E-state index is 0.00767. The second kappa shape index (κ2) is 5.92. The van der Waals surface area contributed by atoms with Crippen LogP contribution >= 0.6 is 0 Å². The lowest BCUT2D eigenvalue weighted by atomic mass is 9.90. The molecular weight excluding hydrogens is 257 g/mol. The summed E-state index contributed by atoms with van der Waals surface area (Å²) in [5.41, 5.74) is 1.61. The maximum Gasteiger partial charge on any atom is 0.161 e. The van der Waals surface area contributed by atoms with Gasteiger partial charge in [-0.1, -0.05) is 12.8 Å². The molecule has 1 aliphatic rings. The second-order valence-electron chi connectivity index (χ2n) is 5.70. The Labute approximate surface area is 119 Å². The average molecular weight is 279 g/mol. The summed E-state index contributed by atoms with van der Waals surface area (Å²) in [6, 6.07) is 3.00. The minimum Gasteiger partial charge on any atom is -0.391 e. The SMILES string of the molecule is CC(=O)c1cc(F)c(C)cc1N(C)C1CCCCC1O. The van der Waals surface area contributed by atoms with E-state index < -0.39 is 0 Å². The Hall–Kier alpha value is -1.42. The first kappa shape index (κ1) is 15.0. The third-order valence-corrected chi connectivity index (χ3v) is 4.23. The molecule has 0 heterocycles. The van der Waals surface area contributed by atoms with Gasteiger partial charge < -0.3 is 10.0 Å². The van der Waals surface area contributed by atoms with Gasteiger partial charge in [0.1, 0.15) is 5.82 Å². The smallest absolute Gasteiger partial charge is 0.161 e. The Bertz CT molecular complexity index is 515. The molecule has 2 atom stereocenters. The van der Waals surface area contributed by atoms with Crippen LogP contribution in [0.25, 0.3) is 0 Å². The lowest BCUT2D eigenvalue weighted by molar-refractivity contribution is 0.100. The Morgan fingerprint density at radius 3 is 2.60 bits per heavy atom. The molecule has 0 spiro atoms. The molecule has 0 saturated heterocycles. The van der Waals surface area contributed by atoms with E-state index in [1.54, 1.807) is 13.0 Å². The van der Waals surface area contributed by atoms with Crippen LogP contribution in [0.1, 0.15) is 48.5 Å². The van der Waals surface area contributed by atoms with Gasteiger partial charge in [-0.05, 0) is 44.4 Å². The number of aliphatic hydroxyl groups is 1. The van der Waals surface area contributed by atoms with Crippen molar-refractivity contribution in [3.63, 3.8) is 0 Å². The molecule has 3 nitrogen and oxygen atoms in total. The first-order chi connectivity index (χ1) is 9.41. The highest BCUT2D eigenvalue weighted by Gasteiger charge is 2.28. The number of aryl methyl sites for hydroxylation is 1. The van der Waals surface area contributed by atoms with Gasteiger partial charge in [-0.3, -0.25) is 4.79 Å². The van der Waals surface area contributed by atoms with Crippen LogP contribution in [0.5, 0.6) is 0 Å². The predicted molar refractivity (Wildman–Crippen MR) is 77.8 cm³/mol. The molecular formula is C16H22FNO2. The number of hydrogen-bond acceptors (Lipinski definition) is 3. The molecule has 0 amide bonds. The lowest BCUT2D eigenvalue weighted by Gasteiger charge is -2.37. The van der Waals surface area contributed by atoms with Crippen LogP contribution in [0.2, 0.25) is 0 Å². The molecule has 1 N–H and O–H groups in total. The van der Waals surface area contributed by atoms with Gasteiger partial charge in [-0.25, -0.2) is 4.39 Å². The van der Waals surface area contributed by atoms with Gasteiger partial charge in [0.15, 0.2) is 5.78 Å². The number of nitrogens with zero attached hydrogens (tertiary/aromatic N) is 1. The number of anilines is 1. The third-order valence-electron chi connectivity index (χ3n) is 4.23. The third kappa shape index (κ3) is 2.85. The van der Waals surface area contributed by atoms with Gasteiger partial charge in [0.25, 0.3) is 0 Å². The van der Waals surface area contributed by atoms with E-state index in [1.807, 2.05) is 11.9 Å². The fourth-order valence-corrected chi connectivity index (χ4v) is 2.96. The van der Waals surface area contributed by atoms with Gasteiger partial charge in [0, 0.05) is 18.3 Å². The summed E-state index contributed by atoms with van der Waals surface area (Å²) < 4.78 is 13.7. The summed E-state index contributed by atoms with van der Waals surface area (Å²) in [7, 11) is 1.87. The maximum atomic E-state index is 13.7. The number of carbonyl (C=O) groups excluding carboxylic acids is 1. The standard InChI is InChI=1S/C16H22FNO2/c1-10-8-15(12(11(2)19)9-13(10)17)18(3)14-6-4-5-7-16(14)20/h8-9,14,16,20H,4-7H2,1-3H3. The molecule has 1 fully saturated rings. The first-order valence-electron chi connectivity index (χ1n) is 7.13. The van der Waals surface area contributed by atoms with Gasteiger partial charge in [0.05, 0.1) is 12.1 Å². The van der Waals surface area contributed by atoms with Crippen LogP contribution in [0, 0.1) is 12.7 Å². The number of rotatable bonds is 3. The number of carbonyl (C=O) groups is 1. The van der Waals surface area contributed by atoms with Crippen molar-refractivity contribution in [3.05, 3.63) is 29.1 Å². The van der Waals surface area contributed by atoms with E-state index in [1.165, 1.54) is 13.0 Å². The Morgan fingerprint density at radius 2 is 2.00 bits per heavy atom. The molecule has 2 rings (SSSR count). The van der Waals surface area contributed by atoms with E-state index in [0.29, 0.717) is 16.8 Å². The van der Waals surface area contributed by atoms with E-state index in [9.17, 15) is 14.3 Å². The largest absolute Gasteiger partial charge is 0.391 e. The van der Waals surface area contributed by atoms with Crippen molar-refractivity contribution in [2.45, 2.75) is 51.7 Å². The zero-order valence-electron chi connectivity index (χ0n) is 12.3. The summed E-state index contributed by atoms with van der Waals surface area (Å²) in [6.45, 7) is 3.13. The van der Waals surface area contributed by atoms with Gasteiger partial charge in [-0.15, -0.1) is 0 Å². The Morgan fingerprint density at radius 1 is 1.35 bits per heavy atom. The van der Waals surface area contributed by atoms with E-state index in [4.69, 9.17) is 0 Å². The first-order valence-corrected chi connectivity index (χ1v) is 7.13. The fourth-order valence-electron chi connectivity index (χ4n) is 2.96. The molecule has 0 aromatic heterocycles. The quantitative estimate of drug-likeness (QED) is 0.864. The molecule has 4 heteroatoms. The summed E-state index contributed by atoms with van der Waals surface area (Å²) in [4.78, 5) is 13.7. The fraction of sp³-hybridized carbons (Fsp3) is 0.562. The van der Waals surface area contributed by atoms with E-state index in [-0.39, 0.29) is 23.7 Å². The summed E-state index contributed by atoms with van der Waals surface area (Å²) in [5.74, 6) is -0.521. The van der Waals surface area contributed by atoms with Gasteiger partial charge >= 0.3 is 0 Å². The zero-order valence-corrected chi connectivity index (χ0v) is 12.3. The molecule has 0 radical (unpaired) electrons. The van der Waals surface area contributed by atoms with Crippen LogP contribution in [-0.2, 0) is 0 Å². The molecule has 0 bridgehead atoms.